The van der Waals surface area contributed by atoms with Gasteiger partial charge in [0, 0.05) is 5.92 Å². The first-order chi connectivity index (χ1) is 7.64. The highest BCUT2D eigenvalue weighted by Crippen LogP contribution is 2.48. The Morgan fingerprint density at radius 1 is 1.62 bits per heavy atom. The second-order valence-electron chi connectivity index (χ2n) is 4.40. The molecule has 1 saturated carbocycles. The second kappa shape index (κ2) is 3.86. The third-order valence-electron chi connectivity index (χ3n) is 3.57. The monoisotopic (exact) mass is 220 g/mol. The molecule has 1 heterocycles. The Morgan fingerprint density at radius 3 is 3.00 bits per heavy atom. The van der Waals surface area contributed by atoms with Gasteiger partial charge >= 0.3 is 5.97 Å². The number of ether oxygens (including phenoxy) is 2. The first kappa shape index (κ1) is 11.1. The molecule has 0 unspecified atom stereocenters. The summed E-state index contributed by atoms with van der Waals surface area (Å²) >= 11 is 0. The van der Waals surface area contributed by atoms with Crippen LogP contribution < -0.4 is 0 Å². The van der Waals surface area contributed by atoms with Crippen molar-refractivity contribution < 1.29 is 14.3 Å². The van der Waals surface area contributed by atoms with Crippen molar-refractivity contribution >= 4 is 5.97 Å². The molecule has 0 aromatic rings. The van der Waals surface area contributed by atoms with E-state index in [1.807, 2.05) is 0 Å². The Hall–Kier alpha value is -1.43. The maximum absolute atomic E-state index is 11.7. The Morgan fingerprint density at radius 2 is 2.38 bits per heavy atom. The van der Waals surface area contributed by atoms with Crippen LogP contribution in [-0.4, -0.2) is 18.7 Å². The van der Waals surface area contributed by atoms with Crippen LogP contribution in [0, 0.1) is 18.3 Å². The molecule has 0 saturated heterocycles. The van der Waals surface area contributed by atoms with Gasteiger partial charge in [0.15, 0.2) is 5.60 Å². The molecule has 1 fully saturated rings. The van der Waals surface area contributed by atoms with Crippen LogP contribution in [0.5, 0.6) is 0 Å². The quantitative estimate of drug-likeness (QED) is 0.501. The number of hydrogen-bond donors (Lipinski definition) is 0. The molecule has 2 rings (SSSR count). The fourth-order valence-corrected chi connectivity index (χ4v) is 2.81. The second-order valence-corrected chi connectivity index (χ2v) is 4.40. The van der Waals surface area contributed by atoms with E-state index in [2.05, 4.69) is 5.92 Å². The van der Waals surface area contributed by atoms with Crippen LogP contribution in [0.4, 0.5) is 0 Å². The highest BCUT2D eigenvalue weighted by molar-refractivity contribution is 5.90. The highest BCUT2D eigenvalue weighted by Gasteiger charge is 2.51. The fraction of sp³-hybridized carbons (Fsp3) is 0.615. The Bertz CT molecular complexity index is 388. The number of rotatable bonds is 1. The molecule has 3 nitrogen and oxygen atoms in total. The third kappa shape index (κ3) is 1.41. The molecule has 2 aliphatic rings. The van der Waals surface area contributed by atoms with E-state index in [9.17, 15) is 4.79 Å². The molecule has 0 radical (unpaired) electrons. The third-order valence-corrected chi connectivity index (χ3v) is 3.57. The van der Waals surface area contributed by atoms with Crippen molar-refractivity contribution in [3.63, 3.8) is 0 Å². The Balaban J connectivity index is 2.37. The SMILES string of the molecule is C#C[C@]12CCCC[C@H]1C(C(=O)OC)=C(C)O2. The topological polar surface area (TPSA) is 35.5 Å². The summed E-state index contributed by atoms with van der Waals surface area (Å²) in [6, 6.07) is 0. The molecule has 0 aromatic carbocycles. The summed E-state index contributed by atoms with van der Waals surface area (Å²) in [5.74, 6) is 3.09. The van der Waals surface area contributed by atoms with Gasteiger partial charge in [-0.25, -0.2) is 4.79 Å². The largest absolute Gasteiger partial charge is 0.478 e. The number of carbonyl (C=O) groups excluding carboxylic acids is 1. The van der Waals surface area contributed by atoms with E-state index < -0.39 is 5.60 Å². The highest BCUT2D eigenvalue weighted by atomic mass is 16.5. The maximum Gasteiger partial charge on any atom is 0.337 e. The minimum atomic E-state index is -0.591. The lowest BCUT2D eigenvalue weighted by Gasteiger charge is -2.34. The summed E-state index contributed by atoms with van der Waals surface area (Å²) in [7, 11) is 1.39. The van der Waals surface area contributed by atoms with E-state index in [1.54, 1.807) is 6.92 Å². The van der Waals surface area contributed by atoms with Crippen LogP contribution in [0.25, 0.3) is 0 Å². The molecule has 0 bridgehead atoms. The van der Waals surface area contributed by atoms with Gasteiger partial charge < -0.3 is 9.47 Å². The van der Waals surface area contributed by atoms with E-state index in [-0.39, 0.29) is 11.9 Å². The van der Waals surface area contributed by atoms with E-state index in [4.69, 9.17) is 15.9 Å². The van der Waals surface area contributed by atoms with Crippen LogP contribution in [0.15, 0.2) is 11.3 Å². The molecule has 0 aromatic heterocycles. The lowest BCUT2D eigenvalue weighted by molar-refractivity contribution is -0.137. The molecule has 2 atom stereocenters. The van der Waals surface area contributed by atoms with E-state index in [0.717, 1.165) is 25.7 Å². The van der Waals surface area contributed by atoms with Gasteiger partial charge in [0.2, 0.25) is 0 Å². The normalized spacial score (nSPS) is 32.7. The predicted molar refractivity (Wildman–Crippen MR) is 59.3 cm³/mol. The molecular weight excluding hydrogens is 204 g/mol. The molecular formula is C13H16O3. The van der Waals surface area contributed by atoms with Gasteiger partial charge in [-0.3, -0.25) is 0 Å². The number of esters is 1. The minimum Gasteiger partial charge on any atom is -0.478 e. The number of fused-ring (bicyclic) bond motifs is 1. The van der Waals surface area contributed by atoms with Gasteiger partial charge in [-0.2, -0.15) is 0 Å². The van der Waals surface area contributed by atoms with Gasteiger partial charge in [-0.1, -0.05) is 12.3 Å². The van der Waals surface area contributed by atoms with Gasteiger partial charge in [-0.15, -0.1) is 6.42 Å². The Kier molecular flexibility index (Phi) is 2.67. The van der Waals surface area contributed by atoms with E-state index >= 15 is 0 Å². The molecule has 16 heavy (non-hydrogen) atoms. The van der Waals surface area contributed by atoms with Crippen molar-refractivity contribution in [2.24, 2.45) is 5.92 Å². The standard InChI is InChI=1S/C13H16O3/c1-4-13-8-6-5-7-10(13)11(9(2)16-13)12(14)15-3/h1,10H,5-8H2,2-3H3/t10-,13-/m0/s1. The average Bonchev–Trinajstić information content (AvgIpc) is 2.61. The van der Waals surface area contributed by atoms with Crippen molar-refractivity contribution in [2.75, 3.05) is 7.11 Å². The number of allylic oxidation sites excluding steroid dienone is 1. The van der Waals surface area contributed by atoms with Gasteiger partial charge in [0.25, 0.3) is 0 Å². The zero-order chi connectivity index (χ0) is 11.8. The smallest absolute Gasteiger partial charge is 0.337 e. The maximum atomic E-state index is 11.7. The summed E-state index contributed by atoms with van der Waals surface area (Å²) in [6.07, 6.45) is 9.47. The Labute approximate surface area is 95.8 Å². The zero-order valence-electron chi connectivity index (χ0n) is 9.71. The van der Waals surface area contributed by atoms with Crippen LogP contribution >= 0.6 is 0 Å². The summed E-state index contributed by atoms with van der Waals surface area (Å²) in [5, 5.41) is 0. The summed E-state index contributed by atoms with van der Waals surface area (Å²) in [5.41, 5.74) is 0.0476. The van der Waals surface area contributed by atoms with Crippen molar-refractivity contribution in [1.29, 1.82) is 0 Å². The molecule has 1 aliphatic carbocycles. The van der Waals surface area contributed by atoms with Crippen molar-refractivity contribution in [3.8, 4) is 12.3 Å². The van der Waals surface area contributed by atoms with Gasteiger partial charge in [0.1, 0.15) is 5.76 Å². The predicted octanol–water partition coefficient (Wildman–Crippen LogP) is 2.03. The summed E-state index contributed by atoms with van der Waals surface area (Å²) < 4.78 is 10.6. The number of methoxy groups -OCH3 is 1. The molecule has 0 amide bonds. The van der Waals surface area contributed by atoms with Crippen LogP contribution in [0.2, 0.25) is 0 Å². The van der Waals surface area contributed by atoms with Crippen molar-refractivity contribution in [1.82, 2.24) is 0 Å². The van der Waals surface area contributed by atoms with Crippen LogP contribution in [-0.2, 0) is 14.3 Å². The van der Waals surface area contributed by atoms with E-state index in [1.165, 1.54) is 7.11 Å². The molecule has 1 aliphatic heterocycles. The zero-order valence-corrected chi connectivity index (χ0v) is 9.71. The molecule has 0 N–H and O–H groups in total. The minimum absolute atomic E-state index is 0.0127. The molecule has 86 valence electrons. The number of terminal acetylenes is 1. The van der Waals surface area contributed by atoms with Crippen molar-refractivity contribution in [2.45, 2.75) is 38.2 Å². The van der Waals surface area contributed by atoms with E-state index in [0.29, 0.717) is 11.3 Å². The number of hydrogen-bond acceptors (Lipinski definition) is 3. The molecule has 0 spiro atoms. The summed E-state index contributed by atoms with van der Waals surface area (Å²) in [6.45, 7) is 1.80. The first-order valence-electron chi connectivity index (χ1n) is 5.60. The van der Waals surface area contributed by atoms with Crippen molar-refractivity contribution in [3.05, 3.63) is 11.3 Å². The van der Waals surface area contributed by atoms with Crippen LogP contribution in [0.1, 0.15) is 32.6 Å². The average molecular weight is 220 g/mol. The lowest BCUT2D eigenvalue weighted by Crippen LogP contribution is -2.39. The lowest BCUT2D eigenvalue weighted by atomic mass is 9.73. The molecule has 3 heteroatoms. The number of carbonyl (C=O) groups is 1. The first-order valence-corrected chi connectivity index (χ1v) is 5.60. The van der Waals surface area contributed by atoms with Gasteiger partial charge in [-0.05, 0) is 26.2 Å². The summed E-state index contributed by atoms with van der Waals surface area (Å²) in [4.78, 5) is 11.7. The fourth-order valence-electron chi connectivity index (χ4n) is 2.81. The van der Waals surface area contributed by atoms with Gasteiger partial charge in [0.05, 0.1) is 12.7 Å². The van der Waals surface area contributed by atoms with Crippen LogP contribution in [0.3, 0.4) is 0 Å².